The summed E-state index contributed by atoms with van der Waals surface area (Å²) < 4.78 is 5.08. The highest BCUT2D eigenvalue weighted by Gasteiger charge is 2.40. The van der Waals surface area contributed by atoms with E-state index in [0.29, 0.717) is 16.3 Å². The molecule has 24 heavy (non-hydrogen) atoms. The molecule has 0 saturated carbocycles. The molecule has 1 heterocycles. The van der Waals surface area contributed by atoms with Crippen LogP contribution < -0.4 is 9.64 Å². The number of rotatable bonds is 3. The molecule has 0 spiro atoms. The van der Waals surface area contributed by atoms with Crippen molar-refractivity contribution in [1.29, 1.82) is 0 Å². The molecular formula is C17H10Cl3NO3. The van der Waals surface area contributed by atoms with E-state index in [-0.39, 0.29) is 21.3 Å². The number of carbonyl (C=O) groups is 2. The van der Waals surface area contributed by atoms with Gasteiger partial charge in [-0.2, -0.15) is 0 Å². The molecule has 3 rings (SSSR count). The quantitative estimate of drug-likeness (QED) is 0.733. The number of amides is 2. The normalized spacial score (nSPS) is 14.6. The van der Waals surface area contributed by atoms with E-state index in [2.05, 4.69) is 0 Å². The Morgan fingerprint density at radius 2 is 1.58 bits per heavy atom. The Bertz CT molecular complexity index is 875. The molecule has 0 N–H and O–H groups in total. The number of ether oxygens (including phenoxy) is 1. The number of halogens is 3. The molecule has 0 fully saturated rings. The standard InChI is InChI=1S/C17H10Cl3NO3/c1-24-11-5-2-9(3-6-11)14-15(20)17(23)21(16(14)22)13-8-10(18)4-7-12(13)19/h2-8H,1H3. The summed E-state index contributed by atoms with van der Waals surface area (Å²) >= 11 is 18.2. The summed E-state index contributed by atoms with van der Waals surface area (Å²) in [6.45, 7) is 0. The fourth-order valence-corrected chi connectivity index (χ4v) is 3.03. The lowest BCUT2D eigenvalue weighted by molar-refractivity contribution is -0.119. The molecule has 0 atom stereocenters. The van der Waals surface area contributed by atoms with Crippen LogP contribution in [0.15, 0.2) is 47.5 Å². The Kier molecular flexibility index (Phi) is 4.54. The van der Waals surface area contributed by atoms with Crippen LogP contribution in [0.25, 0.3) is 5.57 Å². The van der Waals surface area contributed by atoms with Crippen LogP contribution in [0.1, 0.15) is 5.56 Å². The Balaban J connectivity index is 2.05. The molecule has 0 saturated heterocycles. The molecule has 0 aliphatic carbocycles. The van der Waals surface area contributed by atoms with Crippen LogP contribution in [-0.4, -0.2) is 18.9 Å². The van der Waals surface area contributed by atoms with Gasteiger partial charge in [0.2, 0.25) is 0 Å². The zero-order chi connectivity index (χ0) is 17.4. The third-order valence-corrected chi connectivity index (χ3v) is 4.46. The molecule has 2 aromatic carbocycles. The van der Waals surface area contributed by atoms with E-state index in [1.807, 2.05) is 0 Å². The van der Waals surface area contributed by atoms with Gasteiger partial charge in [0.1, 0.15) is 10.8 Å². The van der Waals surface area contributed by atoms with E-state index in [1.165, 1.54) is 19.2 Å². The molecule has 7 heteroatoms. The van der Waals surface area contributed by atoms with Crippen molar-refractivity contribution in [3.63, 3.8) is 0 Å². The lowest BCUT2D eigenvalue weighted by atomic mass is 10.1. The van der Waals surface area contributed by atoms with Gasteiger partial charge < -0.3 is 4.74 Å². The minimum absolute atomic E-state index is 0.111. The second kappa shape index (κ2) is 6.48. The number of anilines is 1. The average Bonchev–Trinajstić information content (AvgIpc) is 2.80. The van der Waals surface area contributed by atoms with Gasteiger partial charge in [0.25, 0.3) is 11.8 Å². The maximum atomic E-state index is 12.8. The van der Waals surface area contributed by atoms with Crippen molar-refractivity contribution < 1.29 is 14.3 Å². The van der Waals surface area contributed by atoms with Crippen molar-refractivity contribution in [1.82, 2.24) is 0 Å². The second-order valence-corrected chi connectivity index (χ2v) is 6.18. The number of imide groups is 1. The highest BCUT2D eigenvalue weighted by atomic mass is 35.5. The summed E-state index contributed by atoms with van der Waals surface area (Å²) in [5.41, 5.74) is 0.820. The summed E-state index contributed by atoms with van der Waals surface area (Å²) in [6, 6.07) is 11.2. The van der Waals surface area contributed by atoms with Crippen molar-refractivity contribution >= 4 is 57.9 Å². The fraction of sp³-hybridized carbons (Fsp3) is 0.0588. The first-order valence-electron chi connectivity index (χ1n) is 6.82. The van der Waals surface area contributed by atoms with Gasteiger partial charge in [-0.1, -0.05) is 46.9 Å². The summed E-state index contributed by atoms with van der Waals surface area (Å²) in [6.07, 6.45) is 0. The third-order valence-electron chi connectivity index (χ3n) is 3.56. The maximum absolute atomic E-state index is 12.8. The van der Waals surface area contributed by atoms with Crippen LogP contribution >= 0.6 is 34.8 Å². The minimum atomic E-state index is -0.642. The largest absolute Gasteiger partial charge is 0.497 e. The first kappa shape index (κ1) is 16.8. The van der Waals surface area contributed by atoms with Gasteiger partial charge in [0.05, 0.1) is 23.4 Å². The number of hydrogen-bond acceptors (Lipinski definition) is 3. The Morgan fingerprint density at radius 3 is 2.21 bits per heavy atom. The van der Waals surface area contributed by atoms with Crippen LogP contribution in [-0.2, 0) is 9.59 Å². The predicted octanol–water partition coefficient (Wildman–Crippen LogP) is 4.53. The van der Waals surface area contributed by atoms with Crippen LogP contribution in [0.2, 0.25) is 10.0 Å². The lowest BCUT2D eigenvalue weighted by Crippen LogP contribution is -2.31. The molecule has 2 aromatic rings. The smallest absolute Gasteiger partial charge is 0.277 e. The van der Waals surface area contributed by atoms with Crippen molar-refractivity contribution in [3.8, 4) is 5.75 Å². The van der Waals surface area contributed by atoms with Crippen molar-refractivity contribution in [2.75, 3.05) is 12.0 Å². The monoisotopic (exact) mass is 381 g/mol. The first-order valence-corrected chi connectivity index (χ1v) is 7.95. The number of benzene rings is 2. The van der Waals surface area contributed by atoms with E-state index in [4.69, 9.17) is 39.5 Å². The van der Waals surface area contributed by atoms with Crippen LogP contribution in [0.3, 0.4) is 0 Å². The first-order chi connectivity index (χ1) is 11.4. The highest BCUT2D eigenvalue weighted by Crippen LogP contribution is 2.38. The number of methoxy groups -OCH3 is 1. The molecule has 1 aliphatic rings. The lowest BCUT2D eigenvalue weighted by Gasteiger charge is -2.16. The van der Waals surface area contributed by atoms with Crippen LogP contribution in [0.4, 0.5) is 5.69 Å². The molecule has 2 amide bonds. The van der Waals surface area contributed by atoms with E-state index in [0.717, 1.165) is 4.90 Å². The molecular weight excluding hydrogens is 373 g/mol. The Morgan fingerprint density at radius 1 is 0.917 bits per heavy atom. The SMILES string of the molecule is COc1ccc(C2=C(Cl)C(=O)N(c3cc(Cl)ccc3Cl)C2=O)cc1. The summed E-state index contributed by atoms with van der Waals surface area (Å²) in [7, 11) is 1.54. The zero-order valence-corrected chi connectivity index (χ0v) is 14.6. The summed E-state index contributed by atoms with van der Waals surface area (Å²) in [4.78, 5) is 26.2. The average molecular weight is 383 g/mol. The van der Waals surface area contributed by atoms with E-state index in [1.54, 1.807) is 30.3 Å². The summed E-state index contributed by atoms with van der Waals surface area (Å²) in [5.74, 6) is -0.571. The van der Waals surface area contributed by atoms with Gasteiger partial charge >= 0.3 is 0 Å². The van der Waals surface area contributed by atoms with Gasteiger partial charge in [-0.25, -0.2) is 4.90 Å². The van der Waals surface area contributed by atoms with Gasteiger partial charge in [0.15, 0.2) is 0 Å². The fourth-order valence-electron chi connectivity index (χ4n) is 2.39. The number of nitrogens with zero attached hydrogens (tertiary/aromatic N) is 1. The molecule has 122 valence electrons. The van der Waals surface area contributed by atoms with Gasteiger partial charge in [0, 0.05) is 5.02 Å². The Labute approximate surface area is 153 Å². The highest BCUT2D eigenvalue weighted by molar-refractivity contribution is 6.60. The second-order valence-electron chi connectivity index (χ2n) is 4.96. The van der Waals surface area contributed by atoms with E-state index in [9.17, 15) is 9.59 Å². The molecule has 1 aliphatic heterocycles. The van der Waals surface area contributed by atoms with Gasteiger partial charge in [-0.15, -0.1) is 0 Å². The minimum Gasteiger partial charge on any atom is -0.497 e. The van der Waals surface area contributed by atoms with Crippen molar-refractivity contribution in [3.05, 3.63) is 63.1 Å². The van der Waals surface area contributed by atoms with Crippen molar-refractivity contribution in [2.45, 2.75) is 0 Å². The van der Waals surface area contributed by atoms with Gasteiger partial charge in [-0.05, 0) is 35.9 Å². The maximum Gasteiger partial charge on any atom is 0.277 e. The topological polar surface area (TPSA) is 46.6 Å². The molecule has 0 unspecified atom stereocenters. The van der Waals surface area contributed by atoms with E-state index < -0.39 is 11.8 Å². The third kappa shape index (κ3) is 2.77. The molecule has 0 aromatic heterocycles. The number of hydrogen-bond donors (Lipinski definition) is 0. The zero-order valence-electron chi connectivity index (χ0n) is 12.3. The molecule has 0 radical (unpaired) electrons. The Hall–Kier alpha value is -2.01. The molecule has 4 nitrogen and oxygen atoms in total. The van der Waals surface area contributed by atoms with Gasteiger partial charge in [-0.3, -0.25) is 9.59 Å². The molecule has 0 bridgehead atoms. The predicted molar refractivity (Wildman–Crippen MR) is 94.7 cm³/mol. The van der Waals surface area contributed by atoms with Crippen LogP contribution in [0.5, 0.6) is 5.75 Å². The summed E-state index contributed by atoms with van der Waals surface area (Å²) in [5, 5.41) is 0.409. The van der Waals surface area contributed by atoms with E-state index >= 15 is 0 Å². The van der Waals surface area contributed by atoms with Crippen LogP contribution in [0, 0.1) is 0 Å². The van der Waals surface area contributed by atoms with Crippen molar-refractivity contribution in [2.24, 2.45) is 0 Å². The number of carbonyl (C=O) groups excluding carboxylic acids is 2.